The summed E-state index contributed by atoms with van der Waals surface area (Å²) in [5, 5.41) is 2.76. The number of nitrogens with one attached hydrogen (secondary N) is 2. The summed E-state index contributed by atoms with van der Waals surface area (Å²) in [4.78, 5) is 11.9. The summed E-state index contributed by atoms with van der Waals surface area (Å²) < 4.78 is 27.4. The van der Waals surface area contributed by atoms with E-state index in [0.717, 1.165) is 11.1 Å². The van der Waals surface area contributed by atoms with E-state index in [1.165, 1.54) is 0 Å². The third kappa shape index (κ3) is 4.35. The van der Waals surface area contributed by atoms with Gasteiger partial charge in [0.15, 0.2) is 0 Å². The Morgan fingerprint density at radius 3 is 2.04 bits per heavy atom. The van der Waals surface area contributed by atoms with Crippen LogP contribution in [-0.2, 0) is 14.8 Å². The third-order valence-corrected chi connectivity index (χ3v) is 5.10. The summed E-state index contributed by atoms with van der Waals surface area (Å²) in [6, 6.07) is 11.6. The second kappa shape index (κ2) is 7.05. The number of anilines is 2. The monoisotopic (exact) mass is 346 g/mol. The van der Waals surface area contributed by atoms with Crippen LogP contribution in [-0.4, -0.2) is 14.3 Å². The van der Waals surface area contributed by atoms with Gasteiger partial charge in [-0.1, -0.05) is 19.9 Å². The molecule has 24 heavy (non-hydrogen) atoms. The predicted octanol–water partition coefficient (Wildman–Crippen LogP) is 3.70. The fourth-order valence-electron chi connectivity index (χ4n) is 2.00. The van der Waals surface area contributed by atoms with E-state index in [0.29, 0.717) is 11.4 Å². The Kier molecular flexibility index (Phi) is 5.29. The van der Waals surface area contributed by atoms with Crippen molar-refractivity contribution in [2.45, 2.75) is 32.6 Å². The average Bonchev–Trinajstić information content (AvgIpc) is 2.51. The van der Waals surface area contributed by atoms with Gasteiger partial charge in [-0.2, -0.15) is 0 Å². The van der Waals surface area contributed by atoms with E-state index < -0.39 is 10.0 Å². The highest BCUT2D eigenvalue weighted by atomic mass is 32.2. The molecule has 0 bridgehead atoms. The quantitative estimate of drug-likeness (QED) is 0.867. The molecule has 0 aromatic heterocycles. The van der Waals surface area contributed by atoms with Crippen molar-refractivity contribution >= 4 is 27.3 Å². The topological polar surface area (TPSA) is 75.3 Å². The Morgan fingerprint density at radius 1 is 0.917 bits per heavy atom. The molecule has 2 aromatic rings. The Bertz CT molecular complexity index is 841. The first kappa shape index (κ1) is 18.0. The molecule has 0 saturated carbocycles. The highest BCUT2D eigenvalue weighted by Gasteiger charge is 2.15. The lowest BCUT2D eigenvalue weighted by atomic mass is 10.1. The van der Waals surface area contributed by atoms with Gasteiger partial charge in [0.25, 0.3) is 10.0 Å². The minimum absolute atomic E-state index is 0.0848. The summed E-state index contributed by atoms with van der Waals surface area (Å²) in [7, 11) is -3.64. The normalized spacial score (nSPS) is 11.4. The summed E-state index contributed by atoms with van der Waals surface area (Å²) in [5.74, 6) is -0.202. The number of rotatable bonds is 5. The molecule has 0 fully saturated rings. The molecule has 2 rings (SSSR count). The van der Waals surface area contributed by atoms with Crippen molar-refractivity contribution in [3.8, 4) is 0 Å². The van der Waals surface area contributed by atoms with Crippen LogP contribution in [0.1, 0.15) is 25.0 Å². The maximum absolute atomic E-state index is 12.4. The Morgan fingerprint density at radius 2 is 1.50 bits per heavy atom. The summed E-state index contributed by atoms with van der Waals surface area (Å²) >= 11 is 0. The van der Waals surface area contributed by atoms with Gasteiger partial charge in [-0.15, -0.1) is 0 Å². The smallest absolute Gasteiger partial charge is 0.261 e. The van der Waals surface area contributed by atoms with Crippen LogP contribution < -0.4 is 10.0 Å². The van der Waals surface area contributed by atoms with Crippen LogP contribution in [0.15, 0.2) is 47.4 Å². The molecule has 0 radical (unpaired) electrons. The highest BCUT2D eigenvalue weighted by Crippen LogP contribution is 2.20. The van der Waals surface area contributed by atoms with Crippen LogP contribution in [0.3, 0.4) is 0 Å². The van der Waals surface area contributed by atoms with Crippen molar-refractivity contribution in [1.29, 1.82) is 0 Å². The molecule has 0 aliphatic carbocycles. The Balaban J connectivity index is 2.15. The number of carbonyl (C=O) groups is 1. The van der Waals surface area contributed by atoms with Gasteiger partial charge in [0.2, 0.25) is 5.91 Å². The summed E-state index contributed by atoms with van der Waals surface area (Å²) in [5.41, 5.74) is 3.03. The molecule has 6 heteroatoms. The summed E-state index contributed by atoms with van der Waals surface area (Å²) in [6.07, 6.45) is 0. The van der Waals surface area contributed by atoms with Gasteiger partial charge in [-0.3, -0.25) is 9.52 Å². The number of hydrogen-bond acceptors (Lipinski definition) is 3. The van der Waals surface area contributed by atoms with Crippen LogP contribution >= 0.6 is 0 Å². The molecule has 5 nitrogen and oxygen atoms in total. The van der Waals surface area contributed by atoms with E-state index in [4.69, 9.17) is 0 Å². The van der Waals surface area contributed by atoms with Gasteiger partial charge < -0.3 is 5.32 Å². The van der Waals surface area contributed by atoms with E-state index in [1.807, 2.05) is 13.8 Å². The van der Waals surface area contributed by atoms with E-state index in [9.17, 15) is 13.2 Å². The minimum atomic E-state index is -3.64. The van der Waals surface area contributed by atoms with E-state index in [-0.39, 0.29) is 16.7 Å². The van der Waals surface area contributed by atoms with Gasteiger partial charge in [-0.25, -0.2) is 8.42 Å². The number of hydrogen-bond donors (Lipinski definition) is 2. The highest BCUT2D eigenvalue weighted by molar-refractivity contribution is 7.92. The van der Waals surface area contributed by atoms with E-state index >= 15 is 0 Å². The van der Waals surface area contributed by atoms with Crippen LogP contribution in [0.4, 0.5) is 11.4 Å². The zero-order valence-electron chi connectivity index (χ0n) is 14.3. The standard InChI is InChI=1S/C18H22N2O3S/c1-12(2)18(21)19-15-6-8-16(9-7-15)20-24(22,23)17-10-5-13(3)14(4)11-17/h5-12,20H,1-4H3,(H,19,21). The lowest BCUT2D eigenvalue weighted by Crippen LogP contribution is -2.17. The second-order valence-electron chi connectivity index (χ2n) is 6.07. The molecular weight excluding hydrogens is 324 g/mol. The fourth-order valence-corrected chi connectivity index (χ4v) is 3.15. The lowest BCUT2D eigenvalue weighted by molar-refractivity contribution is -0.118. The molecule has 0 unspecified atom stereocenters. The number of amides is 1. The summed E-state index contributed by atoms with van der Waals surface area (Å²) in [6.45, 7) is 7.42. The van der Waals surface area contributed by atoms with Gasteiger partial charge in [0.05, 0.1) is 4.90 Å². The molecule has 2 aromatic carbocycles. The molecule has 128 valence electrons. The van der Waals surface area contributed by atoms with E-state index in [2.05, 4.69) is 10.0 Å². The Labute approximate surface area is 143 Å². The number of benzene rings is 2. The van der Waals surface area contributed by atoms with Crippen molar-refractivity contribution < 1.29 is 13.2 Å². The van der Waals surface area contributed by atoms with Crippen molar-refractivity contribution in [3.05, 3.63) is 53.6 Å². The molecule has 2 N–H and O–H groups in total. The lowest BCUT2D eigenvalue weighted by Gasteiger charge is -2.11. The third-order valence-electron chi connectivity index (χ3n) is 3.72. The first-order chi connectivity index (χ1) is 11.2. The molecule has 0 aliphatic rings. The number of sulfonamides is 1. The SMILES string of the molecule is Cc1ccc(S(=O)(=O)Nc2ccc(NC(=O)C(C)C)cc2)cc1C. The first-order valence-corrected chi connectivity index (χ1v) is 9.18. The largest absolute Gasteiger partial charge is 0.326 e. The zero-order chi connectivity index (χ0) is 17.9. The number of aryl methyl sites for hydroxylation is 2. The maximum Gasteiger partial charge on any atom is 0.261 e. The van der Waals surface area contributed by atoms with Crippen LogP contribution in [0.25, 0.3) is 0 Å². The fraction of sp³-hybridized carbons (Fsp3) is 0.278. The van der Waals surface area contributed by atoms with Crippen molar-refractivity contribution in [2.24, 2.45) is 5.92 Å². The molecule has 0 saturated heterocycles. The second-order valence-corrected chi connectivity index (χ2v) is 7.76. The average molecular weight is 346 g/mol. The van der Waals surface area contributed by atoms with Crippen LogP contribution in [0, 0.1) is 19.8 Å². The van der Waals surface area contributed by atoms with Crippen molar-refractivity contribution in [1.82, 2.24) is 0 Å². The first-order valence-electron chi connectivity index (χ1n) is 7.70. The molecule has 0 heterocycles. The van der Waals surface area contributed by atoms with Crippen LogP contribution in [0.2, 0.25) is 0 Å². The van der Waals surface area contributed by atoms with Gasteiger partial charge >= 0.3 is 0 Å². The molecule has 0 atom stereocenters. The molecular formula is C18H22N2O3S. The van der Waals surface area contributed by atoms with Gasteiger partial charge in [0.1, 0.15) is 0 Å². The maximum atomic E-state index is 12.4. The predicted molar refractivity (Wildman–Crippen MR) is 96.6 cm³/mol. The van der Waals surface area contributed by atoms with Crippen LogP contribution in [0.5, 0.6) is 0 Å². The molecule has 0 aliphatic heterocycles. The van der Waals surface area contributed by atoms with Gasteiger partial charge in [0, 0.05) is 17.3 Å². The molecule has 0 spiro atoms. The zero-order valence-corrected chi connectivity index (χ0v) is 15.1. The van der Waals surface area contributed by atoms with Gasteiger partial charge in [-0.05, 0) is 61.4 Å². The number of carbonyl (C=O) groups excluding carboxylic acids is 1. The van der Waals surface area contributed by atoms with E-state index in [1.54, 1.807) is 56.3 Å². The molecule has 1 amide bonds. The van der Waals surface area contributed by atoms with Crippen molar-refractivity contribution in [2.75, 3.05) is 10.0 Å². The van der Waals surface area contributed by atoms with Crippen molar-refractivity contribution in [3.63, 3.8) is 0 Å². The Hall–Kier alpha value is -2.34. The minimum Gasteiger partial charge on any atom is -0.326 e.